The first-order valence-electron chi connectivity index (χ1n) is 5.21. The number of nitrogens with zero attached hydrogens (tertiary/aromatic N) is 1. The van der Waals surface area contributed by atoms with E-state index in [1.165, 1.54) is 6.07 Å². The van der Waals surface area contributed by atoms with E-state index in [1.807, 2.05) is 11.9 Å². The van der Waals surface area contributed by atoms with Crippen molar-refractivity contribution in [2.75, 3.05) is 25.0 Å². The lowest BCUT2D eigenvalue weighted by molar-refractivity contribution is -0.137. The number of alkyl halides is 3. The molecule has 0 saturated carbocycles. The molecule has 94 valence electrons. The molecule has 1 fully saturated rings. The monoisotopic (exact) mass is 264 g/mol. The Morgan fingerprint density at radius 1 is 1.35 bits per heavy atom. The van der Waals surface area contributed by atoms with E-state index in [2.05, 4.69) is 5.32 Å². The zero-order chi connectivity index (χ0) is 12.6. The van der Waals surface area contributed by atoms with Gasteiger partial charge in [0, 0.05) is 19.1 Å². The summed E-state index contributed by atoms with van der Waals surface area (Å²) in [6, 6.07) is 3.72. The van der Waals surface area contributed by atoms with Gasteiger partial charge in [0.2, 0.25) is 0 Å². The van der Waals surface area contributed by atoms with Crippen molar-refractivity contribution < 1.29 is 13.2 Å². The van der Waals surface area contributed by atoms with Crippen LogP contribution in [0, 0.1) is 0 Å². The van der Waals surface area contributed by atoms with E-state index in [0.29, 0.717) is 29.8 Å². The molecule has 1 saturated heterocycles. The first kappa shape index (κ1) is 12.5. The van der Waals surface area contributed by atoms with Gasteiger partial charge in [0.05, 0.1) is 16.3 Å². The Hall–Kier alpha value is -0.940. The number of rotatable bonds is 2. The molecular formula is C11H12ClF3N2. The number of anilines is 1. The number of benzene rings is 1. The Labute approximate surface area is 102 Å². The van der Waals surface area contributed by atoms with Crippen molar-refractivity contribution in [1.29, 1.82) is 0 Å². The molecule has 2 nitrogen and oxygen atoms in total. The summed E-state index contributed by atoms with van der Waals surface area (Å²) in [5, 5.41) is 3.41. The minimum absolute atomic E-state index is 0.320. The quantitative estimate of drug-likeness (QED) is 0.884. The molecular weight excluding hydrogens is 253 g/mol. The van der Waals surface area contributed by atoms with Crippen LogP contribution in [0.3, 0.4) is 0 Å². The predicted octanol–water partition coefficient (Wildman–Crippen LogP) is 2.77. The molecule has 1 aliphatic heterocycles. The zero-order valence-electron chi connectivity index (χ0n) is 9.18. The fourth-order valence-corrected chi connectivity index (χ4v) is 2.03. The molecule has 1 aliphatic rings. The third kappa shape index (κ3) is 2.50. The fourth-order valence-electron chi connectivity index (χ4n) is 1.79. The van der Waals surface area contributed by atoms with Crippen LogP contribution < -0.4 is 10.2 Å². The van der Waals surface area contributed by atoms with Gasteiger partial charge >= 0.3 is 6.18 Å². The maximum absolute atomic E-state index is 12.6. The number of likely N-dealkylation sites (N-methyl/N-ethyl adjacent to an activating group) is 1. The number of nitrogens with one attached hydrogen (secondary N) is 1. The van der Waals surface area contributed by atoms with Crippen LogP contribution >= 0.6 is 11.6 Å². The van der Waals surface area contributed by atoms with Crippen molar-refractivity contribution in [2.45, 2.75) is 12.2 Å². The Balaban J connectivity index is 2.22. The first-order chi connectivity index (χ1) is 7.91. The molecule has 2 rings (SSSR count). The maximum atomic E-state index is 12.6. The van der Waals surface area contributed by atoms with Crippen molar-refractivity contribution >= 4 is 17.3 Å². The lowest BCUT2D eigenvalue weighted by Gasteiger charge is -2.41. The average molecular weight is 265 g/mol. The summed E-state index contributed by atoms with van der Waals surface area (Å²) in [5.74, 6) is 0. The third-order valence-corrected chi connectivity index (χ3v) is 3.22. The topological polar surface area (TPSA) is 15.3 Å². The smallest absolute Gasteiger partial charge is 0.367 e. The molecule has 1 aromatic rings. The average Bonchev–Trinajstić information content (AvgIpc) is 2.17. The molecule has 17 heavy (non-hydrogen) atoms. The van der Waals surface area contributed by atoms with Crippen LogP contribution in [0.4, 0.5) is 18.9 Å². The molecule has 0 aromatic heterocycles. The minimum Gasteiger partial charge on any atom is -0.367 e. The molecule has 1 heterocycles. The second kappa shape index (κ2) is 4.38. The van der Waals surface area contributed by atoms with Gasteiger partial charge in [0.25, 0.3) is 0 Å². The van der Waals surface area contributed by atoms with Crippen LogP contribution in [0.1, 0.15) is 5.56 Å². The molecule has 0 amide bonds. The first-order valence-corrected chi connectivity index (χ1v) is 5.58. The molecule has 1 aromatic carbocycles. The van der Waals surface area contributed by atoms with Gasteiger partial charge in [-0.15, -0.1) is 0 Å². The molecule has 0 unspecified atom stereocenters. The van der Waals surface area contributed by atoms with Crippen molar-refractivity contribution in [3.63, 3.8) is 0 Å². The van der Waals surface area contributed by atoms with E-state index in [1.54, 1.807) is 0 Å². The Morgan fingerprint density at radius 3 is 2.53 bits per heavy atom. The van der Waals surface area contributed by atoms with Gasteiger partial charge in [-0.25, -0.2) is 0 Å². The highest BCUT2D eigenvalue weighted by molar-refractivity contribution is 6.33. The van der Waals surface area contributed by atoms with Gasteiger partial charge < -0.3 is 10.2 Å². The van der Waals surface area contributed by atoms with Crippen LogP contribution in [0.5, 0.6) is 0 Å². The van der Waals surface area contributed by atoms with Gasteiger partial charge in [-0.3, -0.25) is 0 Å². The Morgan fingerprint density at radius 2 is 2.00 bits per heavy atom. The molecule has 0 atom stereocenters. The van der Waals surface area contributed by atoms with E-state index in [9.17, 15) is 13.2 Å². The molecule has 1 N–H and O–H groups in total. The van der Waals surface area contributed by atoms with E-state index in [0.717, 1.165) is 12.1 Å². The van der Waals surface area contributed by atoms with Gasteiger partial charge in [-0.05, 0) is 25.2 Å². The Kier molecular flexibility index (Phi) is 3.23. The standard InChI is InChI=1S/C11H12ClF3N2/c1-16-8-5-17(6-8)10-4-7(11(13,14)15)2-3-9(10)12/h2-4,8,16H,5-6H2,1H3. The lowest BCUT2D eigenvalue weighted by Crippen LogP contribution is -2.57. The highest BCUT2D eigenvalue weighted by Crippen LogP contribution is 2.36. The van der Waals surface area contributed by atoms with E-state index in [4.69, 9.17) is 11.6 Å². The summed E-state index contributed by atoms with van der Waals surface area (Å²) in [4.78, 5) is 1.83. The molecule has 0 radical (unpaired) electrons. The van der Waals surface area contributed by atoms with Crippen LogP contribution in [-0.4, -0.2) is 26.2 Å². The summed E-state index contributed by atoms with van der Waals surface area (Å²) in [7, 11) is 1.83. The van der Waals surface area contributed by atoms with Gasteiger partial charge in [0.15, 0.2) is 0 Å². The summed E-state index contributed by atoms with van der Waals surface area (Å²) in [6.45, 7) is 1.36. The number of hydrogen-bond donors (Lipinski definition) is 1. The highest BCUT2D eigenvalue weighted by Gasteiger charge is 2.33. The van der Waals surface area contributed by atoms with E-state index in [-0.39, 0.29) is 0 Å². The number of hydrogen-bond acceptors (Lipinski definition) is 2. The second-order valence-electron chi connectivity index (χ2n) is 4.05. The third-order valence-electron chi connectivity index (χ3n) is 2.90. The molecule has 0 bridgehead atoms. The summed E-state index contributed by atoms with van der Waals surface area (Å²) < 4.78 is 37.7. The SMILES string of the molecule is CNC1CN(c2cc(C(F)(F)F)ccc2Cl)C1. The van der Waals surface area contributed by atoms with Crippen LogP contribution in [0.25, 0.3) is 0 Å². The summed E-state index contributed by atoms with van der Waals surface area (Å²) in [6.07, 6.45) is -4.33. The second-order valence-corrected chi connectivity index (χ2v) is 4.46. The van der Waals surface area contributed by atoms with Crippen molar-refractivity contribution in [3.05, 3.63) is 28.8 Å². The minimum atomic E-state index is -4.33. The molecule has 0 aliphatic carbocycles. The zero-order valence-corrected chi connectivity index (χ0v) is 9.94. The van der Waals surface area contributed by atoms with Crippen molar-refractivity contribution in [2.24, 2.45) is 0 Å². The van der Waals surface area contributed by atoms with E-state index >= 15 is 0 Å². The van der Waals surface area contributed by atoms with Crippen LogP contribution in [0.2, 0.25) is 5.02 Å². The summed E-state index contributed by atoms with van der Waals surface area (Å²) >= 11 is 5.92. The van der Waals surface area contributed by atoms with E-state index < -0.39 is 11.7 Å². The molecule has 6 heteroatoms. The predicted molar refractivity (Wildman–Crippen MR) is 61.5 cm³/mol. The molecule has 0 spiro atoms. The maximum Gasteiger partial charge on any atom is 0.416 e. The lowest BCUT2D eigenvalue weighted by atomic mass is 10.1. The van der Waals surface area contributed by atoms with Gasteiger partial charge in [-0.2, -0.15) is 13.2 Å². The largest absolute Gasteiger partial charge is 0.416 e. The fraction of sp³-hybridized carbons (Fsp3) is 0.455. The summed E-state index contributed by atoms with van der Waals surface area (Å²) in [5.41, 5.74) is -0.210. The van der Waals surface area contributed by atoms with Gasteiger partial charge in [0.1, 0.15) is 0 Å². The number of halogens is 4. The Bertz CT molecular complexity index is 414. The van der Waals surface area contributed by atoms with Crippen molar-refractivity contribution in [1.82, 2.24) is 5.32 Å². The van der Waals surface area contributed by atoms with Crippen LogP contribution in [-0.2, 0) is 6.18 Å². The highest BCUT2D eigenvalue weighted by atomic mass is 35.5. The van der Waals surface area contributed by atoms with Gasteiger partial charge in [-0.1, -0.05) is 11.6 Å². The van der Waals surface area contributed by atoms with Crippen LogP contribution in [0.15, 0.2) is 18.2 Å². The normalized spacial score (nSPS) is 17.1. The van der Waals surface area contributed by atoms with Crippen molar-refractivity contribution in [3.8, 4) is 0 Å².